The van der Waals surface area contributed by atoms with E-state index in [1.54, 1.807) is 0 Å². The molecule has 0 atom stereocenters. The van der Waals surface area contributed by atoms with Gasteiger partial charge in [-0.05, 0) is 17.9 Å². The van der Waals surface area contributed by atoms with Crippen molar-refractivity contribution in [2.45, 2.75) is 34.2 Å². The third-order valence-electron chi connectivity index (χ3n) is 3.37. The highest BCUT2D eigenvalue weighted by atomic mass is 16.5. The van der Waals surface area contributed by atoms with Gasteiger partial charge < -0.3 is 9.30 Å². The molecule has 0 bridgehead atoms. The van der Waals surface area contributed by atoms with Crippen LogP contribution in [0.1, 0.15) is 38.1 Å². The summed E-state index contributed by atoms with van der Waals surface area (Å²) in [6, 6.07) is 6.20. The van der Waals surface area contributed by atoms with Crippen molar-refractivity contribution < 1.29 is 9.53 Å². The Labute approximate surface area is 127 Å². The minimum absolute atomic E-state index is 0.222. The van der Waals surface area contributed by atoms with Crippen LogP contribution >= 0.6 is 0 Å². The molecule has 0 unspecified atom stereocenters. The van der Waals surface area contributed by atoms with Crippen molar-refractivity contribution in [3.63, 3.8) is 0 Å². The standard InChI is InChI=1S/C17H24BNO2/c1-11(2)8-19-9-15(17(20)21-10-12(3)4)14-6-5-13(18)7-16(14)19/h5-7,9,11-12H,8,10,18H2,1-4H3. The van der Waals surface area contributed by atoms with E-state index < -0.39 is 0 Å². The summed E-state index contributed by atoms with van der Waals surface area (Å²) in [7, 11) is 2.07. The first-order chi connectivity index (χ1) is 9.88. The van der Waals surface area contributed by atoms with Gasteiger partial charge in [0.15, 0.2) is 0 Å². The van der Waals surface area contributed by atoms with Gasteiger partial charge in [-0.3, -0.25) is 0 Å². The van der Waals surface area contributed by atoms with Crippen molar-refractivity contribution in [3.8, 4) is 0 Å². The van der Waals surface area contributed by atoms with Crippen molar-refractivity contribution >= 4 is 30.2 Å². The Morgan fingerprint density at radius 1 is 1.24 bits per heavy atom. The van der Waals surface area contributed by atoms with E-state index in [4.69, 9.17) is 4.74 Å². The van der Waals surface area contributed by atoms with Gasteiger partial charge in [-0.15, -0.1) is 0 Å². The van der Waals surface area contributed by atoms with Crippen molar-refractivity contribution in [2.24, 2.45) is 11.8 Å². The molecule has 0 radical (unpaired) electrons. The number of fused-ring (bicyclic) bond motifs is 1. The van der Waals surface area contributed by atoms with Crippen LogP contribution in [-0.4, -0.2) is 25.0 Å². The smallest absolute Gasteiger partial charge is 0.340 e. The topological polar surface area (TPSA) is 31.2 Å². The fourth-order valence-electron chi connectivity index (χ4n) is 2.43. The van der Waals surface area contributed by atoms with E-state index in [0.29, 0.717) is 24.0 Å². The molecule has 1 aromatic heterocycles. The maximum absolute atomic E-state index is 12.3. The van der Waals surface area contributed by atoms with Crippen LogP contribution in [0, 0.1) is 11.8 Å². The molecule has 0 aliphatic heterocycles. The van der Waals surface area contributed by atoms with Gasteiger partial charge in [0, 0.05) is 23.6 Å². The number of carbonyl (C=O) groups excluding carboxylic acids is 1. The zero-order valence-corrected chi connectivity index (χ0v) is 13.6. The fourth-order valence-corrected chi connectivity index (χ4v) is 2.43. The SMILES string of the molecule is Bc1ccc2c(C(=O)OCC(C)C)cn(CC(C)C)c2c1. The summed E-state index contributed by atoms with van der Waals surface area (Å²) < 4.78 is 7.56. The molecule has 1 heterocycles. The lowest BCUT2D eigenvalue weighted by Crippen LogP contribution is -2.10. The molecule has 2 aromatic rings. The number of ether oxygens (including phenoxy) is 1. The Balaban J connectivity index is 2.41. The zero-order valence-electron chi connectivity index (χ0n) is 13.6. The van der Waals surface area contributed by atoms with Gasteiger partial charge in [0.1, 0.15) is 7.85 Å². The highest BCUT2D eigenvalue weighted by Gasteiger charge is 2.17. The van der Waals surface area contributed by atoms with Gasteiger partial charge in [-0.1, -0.05) is 45.3 Å². The predicted molar refractivity (Wildman–Crippen MR) is 90.1 cm³/mol. The Morgan fingerprint density at radius 2 is 1.95 bits per heavy atom. The quantitative estimate of drug-likeness (QED) is 0.624. The van der Waals surface area contributed by atoms with E-state index in [1.807, 2.05) is 32.2 Å². The molecule has 1 aromatic carbocycles. The van der Waals surface area contributed by atoms with Crippen molar-refractivity contribution in [1.82, 2.24) is 4.57 Å². The van der Waals surface area contributed by atoms with Gasteiger partial charge in [0.2, 0.25) is 0 Å². The van der Waals surface area contributed by atoms with Crippen molar-refractivity contribution in [1.29, 1.82) is 0 Å². The highest BCUT2D eigenvalue weighted by molar-refractivity contribution is 6.33. The lowest BCUT2D eigenvalue weighted by atomic mass is 9.95. The summed E-state index contributed by atoms with van der Waals surface area (Å²) >= 11 is 0. The van der Waals surface area contributed by atoms with Crippen LogP contribution in [0.15, 0.2) is 24.4 Å². The minimum atomic E-state index is -0.222. The van der Waals surface area contributed by atoms with Crippen LogP contribution in [0.25, 0.3) is 10.9 Å². The van der Waals surface area contributed by atoms with Crippen LogP contribution in [0.5, 0.6) is 0 Å². The lowest BCUT2D eigenvalue weighted by Gasteiger charge is -2.08. The number of carbonyl (C=O) groups is 1. The molecule has 0 amide bonds. The summed E-state index contributed by atoms with van der Waals surface area (Å²) in [5, 5.41) is 0.981. The molecule has 3 nitrogen and oxygen atoms in total. The molecule has 0 aliphatic carbocycles. The molecule has 21 heavy (non-hydrogen) atoms. The summed E-state index contributed by atoms with van der Waals surface area (Å²) in [6.45, 7) is 9.80. The average Bonchev–Trinajstić information content (AvgIpc) is 2.73. The Bertz CT molecular complexity index is 644. The van der Waals surface area contributed by atoms with Crippen LogP contribution < -0.4 is 5.46 Å². The number of aromatic nitrogens is 1. The van der Waals surface area contributed by atoms with Gasteiger partial charge in [-0.25, -0.2) is 4.79 Å². The number of hydrogen-bond acceptors (Lipinski definition) is 2. The first-order valence-electron chi connectivity index (χ1n) is 7.65. The number of nitrogens with zero attached hydrogens (tertiary/aromatic N) is 1. The summed E-state index contributed by atoms with van der Waals surface area (Å²) in [5.74, 6) is 0.654. The third kappa shape index (κ3) is 3.69. The van der Waals surface area contributed by atoms with Crippen molar-refractivity contribution in [2.75, 3.05) is 6.61 Å². The van der Waals surface area contributed by atoms with Gasteiger partial charge in [-0.2, -0.15) is 0 Å². The Hall–Kier alpha value is -1.71. The molecule has 0 aliphatic rings. The monoisotopic (exact) mass is 285 g/mol. The molecule has 0 spiro atoms. The molecular formula is C17H24BNO2. The molecular weight excluding hydrogens is 261 g/mol. The third-order valence-corrected chi connectivity index (χ3v) is 3.37. The molecule has 2 rings (SSSR count). The molecule has 0 fully saturated rings. The summed E-state index contributed by atoms with van der Waals surface area (Å²) in [4.78, 5) is 12.3. The maximum atomic E-state index is 12.3. The second kappa shape index (κ2) is 6.38. The van der Waals surface area contributed by atoms with Gasteiger partial charge in [0.05, 0.1) is 12.2 Å². The molecule has 0 saturated carbocycles. The molecule has 0 saturated heterocycles. The molecule has 4 heteroatoms. The largest absolute Gasteiger partial charge is 0.462 e. The average molecular weight is 285 g/mol. The second-order valence-corrected chi connectivity index (χ2v) is 6.60. The first kappa shape index (κ1) is 15.7. The van der Waals surface area contributed by atoms with E-state index in [0.717, 1.165) is 17.4 Å². The number of rotatable bonds is 5. The predicted octanol–water partition coefficient (Wildman–Crippen LogP) is 2.37. The Morgan fingerprint density at radius 3 is 2.57 bits per heavy atom. The van der Waals surface area contributed by atoms with Crippen molar-refractivity contribution in [3.05, 3.63) is 30.0 Å². The van der Waals surface area contributed by atoms with Crippen LogP contribution in [0.3, 0.4) is 0 Å². The van der Waals surface area contributed by atoms with E-state index in [-0.39, 0.29) is 5.97 Å². The highest BCUT2D eigenvalue weighted by Crippen LogP contribution is 2.22. The maximum Gasteiger partial charge on any atom is 0.340 e. The van der Waals surface area contributed by atoms with Crippen LogP contribution in [0.2, 0.25) is 0 Å². The number of esters is 1. The van der Waals surface area contributed by atoms with Crippen LogP contribution in [0.4, 0.5) is 0 Å². The molecule has 112 valence electrons. The van der Waals surface area contributed by atoms with E-state index >= 15 is 0 Å². The van der Waals surface area contributed by atoms with E-state index in [1.165, 1.54) is 5.46 Å². The second-order valence-electron chi connectivity index (χ2n) is 6.60. The summed E-state index contributed by atoms with van der Waals surface area (Å²) in [6.07, 6.45) is 1.94. The van der Waals surface area contributed by atoms with Crippen LogP contribution in [-0.2, 0) is 11.3 Å². The van der Waals surface area contributed by atoms with E-state index in [2.05, 4.69) is 32.3 Å². The number of benzene rings is 1. The van der Waals surface area contributed by atoms with Gasteiger partial charge >= 0.3 is 5.97 Å². The normalized spacial score (nSPS) is 11.5. The Kier molecular flexibility index (Phi) is 4.76. The lowest BCUT2D eigenvalue weighted by molar-refractivity contribution is 0.0461. The van der Waals surface area contributed by atoms with E-state index in [9.17, 15) is 4.79 Å². The number of hydrogen-bond donors (Lipinski definition) is 0. The minimum Gasteiger partial charge on any atom is -0.462 e. The summed E-state index contributed by atoms with van der Waals surface area (Å²) in [5.41, 5.74) is 2.99. The zero-order chi connectivity index (χ0) is 15.6. The van der Waals surface area contributed by atoms with Gasteiger partial charge in [0.25, 0.3) is 0 Å². The molecule has 0 N–H and O–H groups in total. The fraction of sp³-hybridized carbons (Fsp3) is 0.471. The first-order valence-corrected chi connectivity index (χ1v) is 7.65.